The summed E-state index contributed by atoms with van der Waals surface area (Å²) in [5.41, 5.74) is -1.97. The molecule has 0 aromatic carbocycles. The molecule has 1 rings (SSSR count). The number of carbonyl (C=O) groups is 2. The van der Waals surface area contributed by atoms with Crippen LogP contribution in [0, 0.1) is 12.3 Å². The van der Waals surface area contributed by atoms with Crippen molar-refractivity contribution >= 4 is 23.3 Å². The highest BCUT2D eigenvalue weighted by atomic mass is 32.1. The van der Waals surface area contributed by atoms with Crippen LogP contribution in [0.1, 0.15) is 37.6 Å². The molecule has 0 unspecified atom stereocenters. The zero-order valence-electron chi connectivity index (χ0n) is 12.4. The molecule has 2 amide bonds. The van der Waals surface area contributed by atoms with Gasteiger partial charge >= 0.3 is 12.0 Å². The van der Waals surface area contributed by atoms with Crippen molar-refractivity contribution in [1.82, 2.24) is 15.6 Å². The monoisotopic (exact) mass is 299 g/mol. The fourth-order valence-electron chi connectivity index (χ4n) is 1.39. The number of thiazole rings is 1. The second kappa shape index (κ2) is 5.78. The Morgan fingerprint density at radius 2 is 1.95 bits per heavy atom. The van der Waals surface area contributed by atoms with Crippen LogP contribution in [0.25, 0.3) is 0 Å². The van der Waals surface area contributed by atoms with E-state index in [9.17, 15) is 14.7 Å². The van der Waals surface area contributed by atoms with E-state index in [1.807, 2.05) is 6.92 Å². The minimum Gasteiger partial charge on any atom is -0.481 e. The lowest BCUT2D eigenvalue weighted by molar-refractivity contribution is -0.150. The van der Waals surface area contributed by atoms with E-state index in [0.29, 0.717) is 6.54 Å². The average molecular weight is 299 g/mol. The summed E-state index contributed by atoms with van der Waals surface area (Å²) in [6, 6.07) is -0.405. The largest absolute Gasteiger partial charge is 0.481 e. The van der Waals surface area contributed by atoms with Crippen molar-refractivity contribution in [2.45, 2.75) is 46.7 Å². The summed E-state index contributed by atoms with van der Waals surface area (Å²) in [5.74, 6) is -0.960. The molecule has 7 heteroatoms. The molecule has 0 aliphatic heterocycles. The number of rotatable bonds is 5. The van der Waals surface area contributed by atoms with Gasteiger partial charge in [0.2, 0.25) is 0 Å². The first kappa shape index (κ1) is 16.4. The number of urea groups is 1. The number of hydrogen-bond donors (Lipinski definition) is 3. The third-order valence-electron chi connectivity index (χ3n) is 3.59. The summed E-state index contributed by atoms with van der Waals surface area (Å²) in [6.45, 7) is 8.82. The van der Waals surface area contributed by atoms with Crippen molar-refractivity contribution in [3.8, 4) is 0 Å². The highest BCUT2D eigenvalue weighted by Crippen LogP contribution is 2.30. The van der Waals surface area contributed by atoms with Crippen LogP contribution in [0.15, 0.2) is 6.20 Å². The molecule has 6 nitrogen and oxygen atoms in total. The van der Waals surface area contributed by atoms with Gasteiger partial charge in [-0.25, -0.2) is 9.78 Å². The molecule has 1 aromatic rings. The van der Waals surface area contributed by atoms with Crippen LogP contribution in [0.2, 0.25) is 0 Å². The van der Waals surface area contributed by atoms with Crippen LogP contribution in [0.5, 0.6) is 0 Å². The van der Waals surface area contributed by atoms with Gasteiger partial charge in [-0.3, -0.25) is 4.79 Å². The molecule has 0 saturated carbocycles. The van der Waals surface area contributed by atoms with Gasteiger partial charge in [0.15, 0.2) is 0 Å². The van der Waals surface area contributed by atoms with Gasteiger partial charge in [-0.15, -0.1) is 11.3 Å². The molecule has 1 heterocycles. The fraction of sp³-hybridized carbons (Fsp3) is 0.615. The van der Waals surface area contributed by atoms with Crippen LogP contribution >= 0.6 is 11.3 Å². The molecule has 20 heavy (non-hydrogen) atoms. The predicted molar refractivity (Wildman–Crippen MR) is 77.7 cm³/mol. The summed E-state index contributed by atoms with van der Waals surface area (Å²) >= 11 is 1.51. The summed E-state index contributed by atoms with van der Waals surface area (Å²) < 4.78 is 0. The lowest BCUT2D eigenvalue weighted by Crippen LogP contribution is -2.58. The van der Waals surface area contributed by atoms with Crippen molar-refractivity contribution in [1.29, 1.82) is 0 Å². The Morgan fingerprint density at radius 3 is 2.40 bits per heavy atom. The van der Waals surface area contributed by atoms with Gasteiger partial charge in [0.25, 0.3) is 0 Å². The molecule has 0 radical (unpaired) electrons. The van der Waals surface area contributed by atoms with Crippen LogP contribution in [0.3, 0.4) is 0 Å². The van der Waals surface area contributed by atoms with Gasteiger partial charge in [0.05, 0.1) is 17.5 Å². The number of carboxylic acids is 1. The SMILES string of the molecule is Cc1cnc(CNC(=O)NC(C)(C)C(C)(C)C(=O)O)s1. The number of carbonyl (C=O) groups excluding carboxylic acids is 1. The number of nitrogens with zero attached hydrogens (tertiary/aromatic N) is 1. The Kier molecular flexibility index (Phi) is 4.75. The summed E-state index contributed by atoms with van der Waals surface area (Å²) in [6.07, 6.45) is 1.75. The Hall–Kier alpha value is -1.63. The molecule has 112 valence electrons. The van der Waals surface area contributed by atoms with Crippen LogP contribution in [-0.2, 0) is 11.3 Å². The highest BCUT2D eigenvalue weighted by molar-refractivity contribution is 7.11. The van der Waals surface area contributed by atoms with Gasteiger partial charge in [0, 0.05) is 11.1 Å². The van der Waals surface area contributed by atoms with Crippen molar-refractivity contribution in [2.75, 3.05) is 0 Å². The molecular weight excluding hydrogens is 278 g/mol. The van der Waals surface area contributed by atoms with E-state index in [4.69, 9.17) is 0 Å². The molecule has 0 bridgehead atoms. The summed E-state index contributed by atoms with van der Waals surface area (Å²) in [7, 11) is 0. The molecular formula is C13H21N3O3S. The number of amides is 2. The van der Waals surface area contributed by atoms with E-state index >= 15 is 0 Å². The third kappa shape index (κ3) is 3.69. The maximum absolute atomic E-state index is 11.9. The highest BCUT2D eigenvalue weighted by Gasteiger charge is 2.44. The van der Waals surface area contributed by atoms with Gasteiger partial charge in [0.1, 0.15) is 5.01 Å². The zero-order valence-corrected chi connectivity index (χ0v) is 13.2. The number of carboxylic acid groups (broad SMARTS) is 1. The third-order valence-corrected chi connectivity index (χ3v) is 4.51. The van der Waals surface area contributed by atoms with Crippen LogP contribution in [0.4, 0.5) is 4.79 Å². The van der Waals surface area contributed by atoms with Crippen molar-refractivity contribution in [3.05, 3.63) is 16.1 Å². The zero-order chi connectivity index (χ0) is 15.6. The predicted octanol–water partition coefficient (Wildman–Crippen LogP) is 2.14. The molecule has 0 spiro atoms. The first-order valence-electron chi connectivity index (χ1n) is 6.27. The number of nitrogens with one attached hydrogen (secondary N) is 2. The Labute approximate surface area is 122 Å². The fourth-order valence-corrected chi connectivity index (χ4v) is 2.12. The van der Waals surface area contributed by atoms with E-state index in [1.54, 1.807) is 33.9 Å². The maximum Gasteiger partial charge on any atom is 0.315 e. The smallest absolute Gasteiger partial charge is 0.315 e. The number of hydrogen-bond acceptors (Lipinski definition) is 4. The molecule has 0 saturated heterocycles. The first-order chi connectivity index (χ1) is 9.06. The quantitative estimate of drug-likeness (QED) is 0.777. The van der Waals surface area contributed by atoms with Crippen LogP contribution in [-0.4, -0.2) is 27.6 Å². The van der Waals surface area contributed by atoms with Crippen molar-refractivity contribution in [3.63, 3.8) is 0 Å². The molecule has 0 aliphatic rings. The van der Waals surface area contributed by atoms with Crippen molar-refractivity contribution < 1.29 is 14.7 Å². The van der Waals surface area contributed by atoms with Gasteiger partial charge in [-0.05, 0) is 34.6 Å². The molecule has 1 aromatic heterocycles. The standard InChI is InChI=1S/C13H21N3O3S/c1-8-6-14-9(20-8)7-15-11(19)16-13(4,5)12(2,3)10(17)18/h6H,7H2,1-5H3,(H,17,18)(H2,15,16,19). The van der Waals surface area contributed by atoms with E-state index in [0.717, 1.165) is 9.88 Å². The van der Waals surface area contributed by atoms with E-state index in [2.05, 4.69) is 15.6 Å². The van der Waals surface area contributed by atoms with Gasteiger partial charge in [-0.2, -0.15) is 0 Å². The minimum absolute atomic E-state index is 0.327. The number of aliphatic carboxylic acids is 1. The topological polar surface area (TPSA) is 91.3 Å². The number of aromatic nitrogens is 1. The lowest BCUT2D eigenvalue weighted by atomic mass is 9.74. The van der Waals surface area contributed by atoms with Gasteiger partial charge < -0.3 is 15.7 Å². The Bertz CT molecular complexity index is 509. The second-order valence-electron chi connectivity index (χ2n) is 5.73. The van der Waals surface area contributed by atoms with E-state index in [1.165, 1.54) is 11.3 Å². The summed E-state index contributed by atoms with van der Waals surface area (Å²) in [4.78, 5) is 28.3. The second-order valence-corrected chi connectivity index (χ2v) is 7.05. The first-order valence-corrected chi connectivity index (χ1v) is 7.08. The van der Waals surface area contributed by atoms with Crippen molar-refractivity contribution in [2.24, 2.45) is 5.41 Å². The normalized spacial score (nSPS) is 12.1. The van der Waals surface area contributed by atoms with E-state index < -0.39 is 23.0 Å². The lowest BCUT2D eigenvalue weighted by Gasteiger charge is -2.38. The maximum atomic E-state index is 11.9. The average Bonchev–Trinajstić information content (AvgIpc) is 2.71. The molecule has 0 aliphatic carbocycles. The van der Waals surface area contributed by atoms with Crippen LogP contribution < -0.4 is 10.6 Å². The number of aryl methyl sites for hydroxylation is 1. The van der Waals surface area contributed by atoms with E-state index in [-0.39, 0.29) is 0 Å². The minimum atomic E-state index is -1.08. The molecule has 3 N–H and O–H groups in total. The Morgan fingerprint density at radius 1 is 1.35 bits per heavy atom. The Balaban J connectivity index is 2.59. The summed E-state index contributed by atoms with van der Waals surface area (Å²) in [5, 5.41) is 15.4. The molecule has 0 atom stereocenters. The molecule has 0 fully saturated rings. The van der Waals surface area contributed by atoms with Gasteiger partial charge in [-0.1, -0.05) is 0 Å².